The Hall–Kier alpha value is -3.72. The molecule has 0 bridgehead atoms. The van der Waals surface area contributed by atoms with Crippen molar-refractivity contribution < 1.29 is 84.5 Å². The Balaban J connectivity index is 1.39. The number of nitrogens with two attached hydrogens (primary N) is 2. The third kappa shape index (κ3) is 17.4. The van der Waals surface area contributed by atoms with Gasteiger partial charge in [-0.2, -0.15) is 13.6 Å². The summed E-state index contributed by atoms with van der Waals surface area (Å²) in [5, 5.41) is 2.26. The fourth-order valence-electron chi connectivity index (χ4n) is 6.87. The lowest BCUT2D eigenvalue weighted by atomic mass is 10.0. The van der Waals surface area contributed by atoms with Crippen molar-refractivity contribution in [2.24, 2.45) is 5.73 Å². The number of aromatic nitrogens is 3. The molecule has 0 radical (unpaired) electrons. The van der Waals surface area contributed by atoms with E-state index in [0.29, 0.717) is 30.0 Å². The Morgan fingerprint density at radius 1 is 0.944 bits per heavy atom. The molecular formula is C40H51N6O19P3S4. The third-order valence-corrected chi connectivity index (χ3v) is 17.9. The van der Waals surface area contributed by atoms with Crippen molar-refractivity contribution in [1.82, 2.24) is 14.5 Å². The van der Waals surface area contributed by atoms with Crippen molar-refractivity contribution in [2.75, 3.05) is 69.7 Å². The fraction of sp³-hybridized carbons (Fsp3) is 0.425. The molecule has 2 aromatic heterocycles. The summed E-state index contributed by atoms with van der Waals surface area (Å²) in [6.07, 6.45) is 0.842. The summed E-state index contributed by atoms with van der Waals surface area (Å²) in [7, 11) is -11.4. The molecule has 5 rings (SSSR count). The zero-order chi connectivity index (χ0) is 52.8. The second-order valence-corrected chi connectivity index (χ2v) is 24.9. The Labute approximate surface area is 427 Å². The van der Waals surface area contributed by atoms with E-state index in [-0.39, 0.29) is 70.4 Å². The summed E-state index contributed by atoms with van der Waals surface area (Å²) in [6, 6.07) is 11.3. The molecule has 0 saturated carbocycles. The van der Waals surface area contributed by atoms with Gasteiger partial charge in [-0.15, -0.1) is 0 Å². The number of esters is 2. The largest absolute Gasteiger partial charge is 0.490 e. The van der Waals surface area contributed by atoms with Gasteiger partial charge in [0, 0.05) is 35.3 Å². The number of hydrogen-bond acceptors (Lipinski definition) is 22. The molecule has 10 N–H and O–H groups in total. The normalized spacial score (nSPS) is 18.3. The highest BCUT2D eigenvalue weighted by Crippen LogP contribution is 2.66. The molecule has 2 aromatic carbocycles. The maximum Gasteiger partial charge on any atom is 0.490 e. The number of anilines is 2. The van der Waals surface area contributed by atoms with Gasteiger partial charge in [0.25, 0.3) is 5.56 Å². The molecule has 5 unspecified atom stereocenters. The summed E-state index contributed by atoms with van der Waals surface area (Å²) < 4.78 is 78.1. The Morgan fingerprint density at radius 2 is 1.62 bits per heavy atom. The van der Waals surface area contributed by atoms with E-state index in [0.717, 1.165) is 0 Å². The van der Waals surface area contributed by atoms with Crippen LogP contribution in [0.15, 0.2) is 53.5 Å². The van der Waals surface area contributed by atoms with Crippen molar-refractivity contribution in [3.63, 3.8) is 0 Å². The number of nitrogen functional groups attached to an aromatic ring is 1. The van der Waals surface area contributed by atoms with Crippen LogP contribution in [0.4, 0.5) is 11.6 Å². The molecule has 72 heavy (non-hydrogen) atoms. The number of nitrogens with one attached hydrogen (secondary N) is 2. The quantitative estimate of drug-likeness (QED) is 0.0127. The van der Waals surface area contributed by atoms with E-state index in [4.69, 9.17) is 49.5 Å². The molecule has 4 aromatic rings. The molecule has 32 heteroatoms. The highest BCUT2D eigenvalue weighted by atomic mass is 33.1. The van der Waals surface area contributed by atoms with E-state index in [2.05, 4.69) is 35.7 Å². The van der Waals surface area contributed by atoms with Gasteiger partial charge in [-0.05, 0) is 61.8 Å². The van der Waals surface area contributed by atoms with Gasteiger partial charge in [-0.3, -0.25) is 19.1 Å². The molecule has 1 aliphatic heterocycles. The lowest BCUT2D eigenvalue weighted by Crippen LogP contribution is -2.31. The van der Waals surface area contributed by atoms with E-state index < -0.39 is 78.5 Å². The number of amides is 1. The number of benzene rings is 2. The van der Waals surface area contributed by atoms with Crippen LogP contribution in [0.3, 0.4) is 0 Å². The first-order valence-electron chi connectivity index (χ1n) is 21.0. The van der Waals surface area contributed by atoms with Crippen LogP contribution in [-0.2, 0) is 55.3 Å². The molecule has 0 spiro atoms. The number of fused-ring (bicyclic) bond motifs is 1. The number of rotatable bonds is 26. The lowest BCUT2D eigenvalue weighted by molar-refractivity contribution is -0.121. The van der Waals surface area contributed by atoms with E-state index in [9.17, 15) is 42.7 Å². The average molecular weight is 1140 g/mol. The molecule has 1 fully saturated rings. The number of phosphoric ester groups is 1. The number of phosphoric acid groups is 3. The van der Waals surface area contributed by atoms with Gasteiger partial charge in [-0.1, -0.05) is 73.2 Å². The first-order valence-corrected chi connectivity index (χ1v) is 30.8. The second-order valence-electron chi connectivity index (χ2n) is 14.9. The molecule has 1 amide bonds. The Bertz CT molecular complexity index is 2840. The summed E-state index contributed by atoms with van der Waals surface area (Å²) in [5.74, 6) is 3.22. The minimum Gasteiger partial charge on any atom is -0.456 e. The van der Waals surface area contributed by atoms with Crippen LogP contribution in [0.2, 0.25) is 0 Å². The van der Waals surface area contributed by atoms with Gasteiger partial charge in [0.15, 0.2) is 12.3 Å². The molecule has 7 atom stereocenters. The lowest BCUT2D eigenvalue weighted by Gasteiger charge is -2.22. The number of carbonyl (C=O) groups excluding carboxylic acids is 3. The molecular weight excluding hydrogens is 1090 g/mol. The van der Waals surface area contributed by atoms with Crippen LogP contribution in [0, 0.1) is 11.8 Å². The Morgan fingerprint density at radius 3 is 2.32 bits per heavy atom. The predicted molar refractivity (Wildman–Crippen MR) is 271 cm³/mol. The fourth-order valence-corrected chi connectivity index (χ4v) is 13.4. The molecule has 394 valence electrons. The van der Waals surface area contributed by atoms with Crippen molar-refractivity contribution in [1.29, 1.82) is 0 Å². The number of ether oxygens (including phenoxy) is 5. The number of H-pyrrole nitrogens is 1. The van der Waals surface area contributed by atoms with E-state index in [1.54, 1.807) is 24.3 Å². The van der Waals surface area contributed by atoms with Crippen LogP contribution >= 0.6 is 66.6 Å². The minimum absolute atomic E-state index is 0.0516. The minimum atomic E-state index is -5.90. The van der Waals surface area contributed by atoms with Gasteiger partial charge < -0.3 is 64.6 Å². The first kappa shape index (κ1) is 59.2. The molecule has 25 nitrogen and oxygen atoms in total. The van der Waals surface area contributed by atoms with E-state index in [1.165, 1.54) is 72.1 Å². The first-order chi connectivity index (χ1) is 34.0. The van der Waals surface area contributed by atoms with Crippen LogP contribution in [-0.4, -0.2) is 123 Å². The maximum absolute atomic E-state index is 13.8. The average Bonchev–Trinajstić information content (AvgIpc) is 3.87. The van der Waals surface area contributed by atoms with Gasteiger partial charge in [0.05, 0.1) is 48.5 Å². The smallest absolute Gasteiger partial charge is 0.456 e. The van der Waals surface area contributed by atoms with Crippen LogP contribution < -0.4 is 22.3 Å². The van der Waals surface area contributed by atoms with Crippen LogP contribution in [0.5, 0.6) is 0 Å². The van der Waals surface area contributed by atoms with Crippen molar-refractivity contribution in [3.8, 4) is 11.8 Å². The van der Waals surface area contributed by atoms with Crippen LogP contribution in [0.25, 0.3) is 11.0 Å². The highest BCUT2D eigenvalue weighted by molar-refractivity contribution is 8.76. The number of aromatic amines is 1. The monoisotopic (exact) mass is 1140 g/mol. The molecule has 1 aliphatic rings. The van der Waals surface area contributed by atoms with Crippen molar-refractivity contribution in [2.45, 2.75) is 49.2 Å². The maximum atomic E-state index is 13.8. The molecule has 1 saturated heterocycles. The summed E-state index contributed by atoms with van der Waals surface area (Å²) in [5.41, 5.74) is 12.6. The zero-order valence-electron chi connectivity index (χ0n) is 38.6. The zero-order valence-corrected chi connectivity index (χ0v) is 44.5. The SMILES string of the molecule is CSSC(C)c1cc(NC(=O)COCCOCCN)ccc1C(=O)OCC#Cc1cn([C@H]2CC(OC(=O)c3ccccc3C(C)SSC)[C@@H](COP(=O)(O)OP(=O)(O)OP(=O)(O)O)O2)c2nc(N)[nH]c(=O)c12. The summed E-state index contributed by atoms with van der Waals surface area (Å²) in [4.78, 5) is 97.9. The van der Waals surface area contributed by atoms with Gasteiger partial charge in [0.2, 0.25) is 11.9 Å². The second kappa shape index (κ2) is 27.2. The standard InChI is InChI=1S/C40H51N6O19P3S4/c1-23(71-69-3)27-9-5-6-10-28(27)39(50)63-31-19-34(62-32(31)21-61-67(54,55)65-68(56,57)64-66(51,52)53)46-20-25(35-36(46)44-40(42)45-37(35)48)8-7-14-60-38(49)29-12-11-26(18-30(29)24(2)72-70-4)43-33(47)22-59-17-16-58-15-13-41/h5-6,9-12,18,20,23-24,31-32,34H,13-17,19,21-22,41H2,1-4H3,(H,43,47)(H,54,55)(H,56,57)(H2,51,52,53)(H3,42,44,45,48)/t23?,24?,31?,32-,34-/m1/s1. The third-order valence-electron chi connectivity index (χ3n) is 9.73. The number of carbonyl (C=O) groups is 3. The van der Waals surface area contributed by atoms with Gasteiger partial charge >= 0.3 is 35.4 Å². The highest BCUT2D eigenvalue weighted by Gasteiger charge is 2.45. The molecule has 0 aliphatic carbocycles. The topological polar surface area (TPSA) is 372 Å². The number of nitrogens with zero attached hydrogens (tertiary/aromatic N) is 2. The van der Waals surface area contributed by atoms with Gasteiger partial charge in [-0.25, -0.2) is 23.3 Å². The van der Waals surface area contributed by atoms with Gasteiger partial charge in [0.1, 0.15) is 25.0 Å². The van der Waals surface area contributed by atoms with E-state index >= 15 is 0 Å². The van der Waals surface area contributed by atoms with Crippen LogP contribution in [0.1, 0.15) is 74.4 Å². The summed E-state index contributed by atoms with van der Waals surface area (Å²) in [6.45, 7) is 3.27. The van der Waals surface area contributed by atoms with Crippen molar-refractivity contribution in [3.05, 3.63) is 86.8 Å². The predicted octanol–water partition coefficient (Wildman–Crippen LogP) is 5.45. The molecule has 3 heterocycles. The van der Waals surface area contributed by atoms with Crippen molar-refractivity contribution >= 4 is 107 Å². The Kier molecular flexibility index (Phi) is 22.3. The number of hydrogen-bond donors (Lipinski definition) is 8. The summed E-state index contributed by atoms with van der Waals surface area (Å²) >= 11 is 0. The van der Waals surface area contributed by atoms with E-state index in [1.807, 2.05) is 26.4 Å².